The number of nitrogens with zero attached hydrogens (tertiary/aromatic N) is 4. The van der Waals surface area contributed by atoms with Crippen LogP contribution in [0.15, 0.2) is 47.7 Å². The van der Waals surface area contributed by atoms with E-state index < -0.39 is 0 Å². The Balaban J connectivity index is 1.92. The zero-order chi connectivity index (χ0) is 18.0. The average Bonchev–Trinajstić information content (AvgIpc) is 3.02. The van der Waals surface area contributed by atoms with Gasteiger partial charge in [0.25, 0.3) is 5.56 Å². The van der Waals surface area contributed by atoms with Crippen LogP contribution in [0, 0.1) is 0 Å². The van der Waals surface area contributed by atoms with E-state index in [9.17, 15) is 9.59 Å². The number of hydrogen-bond donors (Lipinski definition) is 1. The molecule has 0 spiro atoms. The number of carbonyl (C=O) groups excluding carboxylic acids is 1. The third-order valence-electron chi connectivity index (χ3n) is 4.23. The fourth-order valence-electron chi connectivity index (χ4n) is 2.48. The van der Waals surface area contributed by atoms with E-state index in [1.54, 1.807) is 4.68 Å². The van der Waals surface area contributed by atoms with E-state index in [4.69, 9.17) is 0 Å². The highest BCUT2D eigenvalue weighted by Gasteiger charge is 2.19. The predicted octanol–water partition coefficient (Wildman–Crippen LogP) is 1.89. The first-order valence-electron chi connectivity index (χ1n) is 8.21. The van der Waals surface area contributed by atoms with Gasteiger partial charge in [0.1, 0.15) is 18.3 Å². The summed E-state index contributed by atoms with van der Waals surface area (Å²) in [6.07, 6.45) is 3.68. The maximum Gasteiger partial charge on any atom is 0.264 e. The minimum atomic E-state index is -0.309. The molecule has 1 amide bonds. The van der Waals surface area contributed by atoms with Gasteiger partial charge in [0, 0.05) is 5.54 Å². The van der Waals surface area contributed by atoms with Crippen LogP contribution in [0.2, 0.25) is 0 Å². The Kier molecular flexibility index (Phi) is 4.39. The zero-order valence-corrected chi connectivity index (χ0v) is 14.6. The molecule has 7 heteroatoms. The van der Waals surface area contributed by atoms with Crippen LogP contribution in [-0.4, -0.2) is 30.8 Å². The molecular formula is C18H21N5O2. The summed E-state index contributed by atoms with van der Waals surface area (Å²) in [7, 11) is 0. The predicted molar refractivity (Wildman–Crippen MR) is 95.6 cm³/mol. The van der Waals surface area contributed by atoms with Gasteiger partial charge < -0.3 is 5.32 Å². The lowest BCUT2D eigenvalue weighted by Gasteiger charge is -2.24. The lowest BCUT2D eigenvalue weighted by molar-refractivity contribution is -0.123. The summed E-state index contributed by atoms with van der Waals surface area (Å²) in [6, 6.07) is 9.47. The number of amides is 1. The Bertz CT molecular complexity index is 957. The highest BCUT2D eigenvalue weighted by atomic mass is 16.2. The van der Waals surface area contributed by atoms with E-state index in [1.807, 2.05) is 51.1 Å². The first-order chi connectivity index (χ1) is 11.9. The topological polar surface area (TPSA) is 81.8 Å². The van der Waals surface area contributed by atoms with Crippen molar-refractivity contribution in [1.29, 1.82) is 0 Å². The molecule has 1 aromatic carbocycles. The first kappa shape index (κ1) is 16.9. The van der Waals surface area contributed by atoms with Gasteiger partial charge in [-0.2, -0.15) is 5.10 Å². The van der Waals surface area contributed by atoms with E-state index in [0.29, 0.717) is 11.0 Å². The van der Waals surface area contributed by atoms with Crippen LogP contribution in [0.5, 0.6) is 0 Å². The average molecular weight is 339 g/mol. The minimum Gasteiger partial charge on any atom is -0.350 e. The van der Waals surface area contributed by atoms with Gasteiger partial charge >= 0.3 is 0 Å². The monoisotopic (exact) mass is 339 g/mol. The molecule has 130 valence electrons. The molecule has 0 radical (unpaired) electrons. The molecule has 2 heterocycles. The van der Waals surface area contributed by atoms with Gasteiger partial charge in [-0.3, -0.25) is 14.2 Å². The fraction of sp³-hybridized carbons (Fsp3) is 0.333. The highest BCUT2D eigenvalue weighted by Crippen LogP contribution is 2.13. The molecule has 25 heavy (non-hydrogen) atoms. The van der Waals surface area contributed by atoms with Gasteiger partial charge in [-0.15, -0.1) is 0 Å². The van der Waals surface area contributed by atoms with E-state index in [-0.39, 0.29) is 23.6 Å². The first-order valence-corrected chi connectivity index (χ1v) is 8.21. The number of fused-ring (bicyclic) bond motifs is 1. The molecule has 0 atom stereocenters. The Labute approximate surface area is 145 Å². The van der Waals surface area contributed by atoms with Crippen molar-refractivity contribution < 1.29 is 4.79 Å². The summed E-state index contributed by atoms with van der Waals surface area (Å²) in [4.78, 5) is 29.1. The summed E-state index contributed by atoms with van der Waals surface area (Å²) in [5.74, 6) is -0.217. The van der Waals surface area contributed by atoms with Crippen molar-refractivity contribution in [2.45, 2.75) is 39.3 Å². The van der Waals surface area contributed by atoms with Crippen LogP contribution in [-0.2, 0) is 11.3 Å². The van der Waals surface area contributed by atoms with Crippen LogP contribution in [0.25, 0.3) is 16.7 Å². The fourth-order valence-corrected chi connectivity index (χ4v) is 2.48. The van der Waals surface area contributed by atoms with Crippen LogP contribution >= 0.6 is 0 Å². The summed E-state index contributed by atoms with van der Waals surface area (Å²) in [6.45, 7) is 5.82. The van der Waals surface area contributed by atoms with Crippen molar-refractivity contribution in [2.75, 3.05) is 0 Å². The van der Waals surface area contributed by atoms with Crippen molar-refractivity contribution >= 4 is 16.9 Å². The molecule has 0 bridgehead atoms. The molecule has 0 aliphatic carbocycles. The molecule has 0 unspecified atom stereocenters. The van der Waals surface area contributed by atoms with E-state index in [0.717, 1.165) is 12.1 Å². The second kappa shape index (κ2) is 6.51. The normalized spacial score (nSPS) is 11.6. The van der Waals surface area contributed by atoms with Crippen molar-refractivity contribution in [3.63, 3.8) is 0 Å². The van der Waals surface area contributed by atoms with Crippen LogP contribution < -0.4 is 10.9 Å². The molecule has 3 aromatic rings. The van der Waals surface area contributed by atoms with Gasteiger partial charge in [-0.05, 0) is 32.4 Å². The Morgan fingerprint density at radius 1 is 1.24 bits per heavy atom. The van der Waals surface area contributed by atoms with E-state index in [1.165, 1.54) is 17.1 Å². The molecule has 1 N–H and O–H groups in total. The van der Waals surface area contributed by atoms with E-state index >= 15 is 0 Å². The van der Waals surface area contributed by atoms with Gasteiger partial charge in [0.15, 0.2) is 5.65 Å². The summed E-state index contributed by atoms with van der Waals surface area (Å²) in [5.41, 5.74) is 0.708. The number of carbonyl (C=O) groups is 1. The Morgan fingerprint density at radius 3 is 2.64 bits per heavy atom. The Hall–Kier alpha value is -2.96. The zero-order valence-electron chi connectivity index (χ0n) is 14.6. The summed E-state index contributed by atoms with van der Waals surface area (Å²) in [5, 5.41) is 7.56. The van der Waals surface area contributed by atoms with Crippen molar-refractivity contribution in [2.24, 2.45) is 0 Å². The lowest BCUT2D eigenvalue weighted by atomic mass is 10.0. The van der Waals surface area contributed by atoms with Crippen LogP contribution in [0.4, 0.5) is 0 Å². The molecule has 0 aliphatic rings. The molecule has 3 rings (SSSR count). The smallest absolute Gasteiger partial charge is 0.264 e. The number of para-hydroxylation sites is 1. The summed E-state index contributed by atoms with van der Waals surface area (Å²) < 4.78 is 2.92. The largest absolute Gasteiger partial charge is 0.350 e. The molecule has 0 fully saturated rings. The highest BCUT2D eigenvalue weighted by molar-refractivity contribution is 5.78. The molecular weight excluding hydrogens is 318 g/mol. The number of hydrogen-bond acceptors (Lipinski definition) is 4. The maximum absolute atomic E-state index is 12.6. The van der Waals surface area contributed by atoms with Gasteiger partial charge in [-0.1, -0.05) is 25.1 Å². The van der Waals surface area contributed by atoms with Gasteiger partial charge in [0.05, 0.1) is 11.9 Å². The molecule has 0 saturated heterocycles. The SMILES string of the molecule is CCC(C)(C)NC(=O)Cn1cnc2c(cnn2-c2ccccc2)c1=O. The van der Waals surface area contributed by atoms with Crippen molar-refractivity contribution in [3.05, 3.63) is 53.2 Å². The third kappa shape index (κ3) is 3.45. The molecule has 7 nitrogen and oxygen atoms in total. The lowest BCUT2D eigenvalue weighted by Crippen LogP contribution is -2.45. The molecule has 0 aliphatic heterocycles. The number of nitrogens with one attached hydrogen (secondary N) is 1. The standard InChI is InChI=1S/C18H21N5O2/c1-4-18(2,3)21-15(24)11-22-12-19-16-14(17(22)25)10-20-23(16)13-8-6-5-7-9-13/h5-10,12H,4,11H2,1-3H3,(H,21,24). The molecule has 0 saturated carbocycles. The second-order valence-corrected chi connectivity index (χ2v) is 6.59. The number of aromatic nitrogens is 4. The number of rotatable bonds is 5. The van der Waals surface area contributed by atoms with Crippen LogP contribution in [0.1, 0.15) is 27.2 Å². The maximum atomic E-state index is 12.6. The van der Waals surface area contributed by atoms with Crippen molar-refractivity contribution in [3.8, 4) is 5.69 Å². The van der Waals surface area contributed by atoms with E-state index in [2.05, 4.69) is 15.4 Å². The third-order valence-corrected chi connectivity index (χ3v) is 4.23. The van der Waals surface area contributed by atoms with Crippen molar-refractivity contribution in [1.82, 2.24) is 24.6 Å². The van der Waals surface area contributed by atoms with Gasteiger partial charge in [0.2, 0.25) is 5.91 Å². The number of benzene rings is 1. The van der Waals surface area contributed by atoms with Gasteiger partial charge in [-0.25, -0.2) is 9.67 Å². The van der Waals surface area contributed by atoms with Crippen LogP contribution in [0.3, 0.4) is 0 Å². The minimum absolute atomic E-state index is 0.0677. The Morgan fingerprint density at radius 2 is 1.96 bits per heavy atom. The summed E-state index contributed by atoms with van der Waals surface area (Å²) >= 11 is 0. The quantitative estimate of drug-likeness (QED) is 0.769. The second-order valence-electron chi connectivity index (χ2n) is 6.59. The molecule has 2 aromatic heterocycles.